The number of nitrogens with zero attached hydrogens (tertiary/aromatic N) is 5. The maximum absolute atomic E-state index is 13.1. The van der Waals surface area contributed by atoms with Crippen LogP contribution in [0.2, 0.25) is 0 Å². The molecule has 0 aliphatic rings. The van der Waals surface area contributed by atoms with Gasteiger partial charge in [0.1, 0.15) is 13.3 Å². The lowest BCUT2D eigenvalue weighted by Gasteiger charge is -2.09. The summed E-state index contributed by atoms with van der Waals surface area (Å²) >= 11 is 0. The van der Waals surface area contributed by atoms with Crippen LogP contribution in [0.5, 0.6) is 0 Å². The monoisotopic (exact) mass is 458 g/mol. The lowest BCUT2D eigenvalue weighted by molar-refractivity contribution is -0.182. The summed E-state index contributed by atoms with van der Waals surface area (Å²) in [6, 6.07) is 8.99. The molecule has 1 N–H and O–H groups in total. The van der Waals surface area contributed by atoms with Gasteiger partial charge in [0, 0.05) is 23.7 Å². The quantitative estimate of drug-likeness (QED) is 0.443. The van der Waals surface area contributed by atoms with Gasteiger partial charge in [-0.15, -0.1) is 0 Å². The highest BCUT2D eigenvalue weighted by atomic mass is 19.4. The number of para-hydroxylation sites is 1. The number of nitrogens with one attached hydrogen (secondary N) is 1. The number of benzene rings is 1. The molecule has 33 heavy (non-hydrogen) atoms. The van der Waals surface area contributed by atoms with E-state index in [1.165, 1.54) is 17.1 Å². The lowest BCUT2D eigenvalue weighted by Crippen LogP contribution is -2.18. The SMILES string of the molecule is CCn1cc(-c2cc(C(=O)Nc3cnn(COCC(F)(F)F)c3)c3ccccc3n2)c(C)n1. The summed E-state index contributed by atoms with van der Waals surface area (Å²) < 4.78 is 44.2. The van der Waals surface area contributed by atoms with Gasteiger partial charge in [0.25, 0.3) is 5.91 Å². The van der Waals surface area contributed by atoms with Gasteiger partial charge < -0.3 is 10.1 Å². The molecule has 172 valence electrons. The molecule has 0 unspecified atom stereocenters. The third-order valence-electron chi connectivity index (χ3n) is 4.89. The fourth-order valence-corrected chi connectivity index (χ4v) is 3.38. The average molecular weight is 458 g/mol. The van der Waals surface area contributed by atoms with E-state index in [9.17, 15) is 18.0 Å². The fourth-order valence-electron chi connectivity index (χ4n) is 3.38. The van der Waals surface area contributed by atoms with Crippen LogP contribution in [0.25, 0.3) is 22.2 Å². The Morgan fingerprint density at radius 2 is 1.97 bits per heavy atom. The van der Waals surface area contributed by atoms with Crippen molar-refractivity contribution in [3.05, 3.63) is 60.2 Å². The summed E-state index contributed by atoms with van der Waals surface area (Å²) in [6.07, 6.45) is 0.206. The number of aromatic nitrogens is 5. The predicted molar refractivity (Wildman–Crippen MR) is 116 cm³/mol. The molecule has 11 heteroatoms. The van der Waals surface area contributed by atoms with Crippen LogP contribution in [-0.4, -0.2) is 43.2 Å². The number of alkyl halides is 3. The standard InChI is InChI=1S/C22H21F3N6O2/c1-3-30-11-18(14(2)29-30)20-8-17(16-6-4-5-7-19(16)28-20)21(32)27-15-9-26-31(10-15)13-33-12-22(23,24)25/h4-11H,3,12-13H2,1-2H3,(H,27,32). The topological polar surface area (TPSA) is 86.9 Å². The Labute approximate surface area is 187 Å². The smallest absolute Gasteiger partial charge is 0.350 e. The van der Waals surface area contributed by atoms with E-state index in [0.717, 1.165) is 11.3 Å². The molecule has 0 aliphatic carbocycles. The van der Waals surface area contributed by atoms with Gasteiger partial charge >= 0.3 is 6.18 Å². The van der Waals surface area contributed by atoms with Gasteiger partial charge in [0.2, 0.25) is 0 Å². The fraction of sp³-hybridized carbons (Fsp3) is 0.273. The highest BCUT2D eigenvalue weighted by Gasteiger charge is 2.27. The van der Waals surface area contributed by atoms with Crippen LogP contribution in [0.4, 0.5) is 18.9 Å². The van der Waals surface area contributed by atoms with Crippen LogP contribution in [0.3, 0.4) is 0 Å². The maximum Gasteiger partial charge on any atom is 0.411 e. The van der Waals surface area contributed by atoms with Crippen molar-refractivity contribution < 1.29 is 22.7 Å². The number of aryl methyl sites for hydroxylation is 2. The molecule has 3 heterocycles. The van der Waals surface area contributed by atoms with Crippen molar-refractivity contribution in [3.8, 4) is 11.3 Å². The van der Waals surface area contributed by atoms with Crippen molar-refractivity contribution in [1.29, 1.82) is 0 Å². The molecule has 0 radical (unpaired) electrons. The van der Waals surface area contributed by atoms with Crippen molar-refractivity contribution in [2.75, 3.05) is 11.9 Å². The number of carbonyl (C=O) groups is 1. The molecule has 0 fully saturated rings. The molecule has 0 saturated carbocycles. The number of carbonyl (C=O) groups excluding carboxylic acids is 1. The van der Waals surface area contributed by atoms with Crippen LogP contribution >= 0.6 is 0 Å². The predicted octanol–water partition coefficient (Wildman–Crippen LogP) is 4.41. The number of amides is 1. The highest BCUT2D eigenvalue weighted by molar-refractivity contribution is 6.13. The second-order valence-corrected chi connectivity index (χ2v) is 7.37. The van der Waals surface area contributed by atoms with Gasteiger partial charge in [-0.3, -0.25) is 9.48 Å². The lowest BCUT2D eigenvalue weighted by atomic mass is 10.0. The molecule has 0 bridgehead atoms. The van der Waals surface area contributed by atoms with E-state index in [0.29, 0.717) is 34.4 Å². The summed E-state index contributed by atoms with van der Waals surface area (Å²) in [5.74, 6) is -0.397. The molecule has 4 rings (SSSR count). The Kier molecular flexibility index (Phi) is 6.14. The largest absolute Gasteiger partial charge is 0.411 e. The number of pyridine rings is 1. The number of rotatable bonds is 7. The molecule has 0 atom stereocenters. The van der Waals surface area contributed by atoms with Gasteiger partial charge in [-0.1, -0.05) is 18.2 Å². The Hall–Kier alpha value is -3.73. The van der Waals surface area contributed by atoms with Crippen molar-refractivity contribution >= 4 is 22.5 Å². The third kappa shape index (κ3) is 5.20. The molecule has 0 aliphatic heterocycles. The van der Waals surface area contributed by atoms with Crippen LogP contribution in [0, 0.1) is 6.92 Å². The third-order valence-corrected chi connectivity index (χ3v) is 4.89. The summed E-state index contributed by atoms with van der Waals surface area (Å²) in [6.45, 7) is 2.80. The van der Waals surface area contributed by atoms with Crippen LogP contribution in [0.1, 0.15) is 23.0 Å². The van der Waals surface area contributed by atoms with Crippen molar-refractivity contribution in [1.82, 2.24) is 24.5 Å². The first-order valence-corrected chi connectivity index (χ1v) is 10.2. The average Bonchev–Trinajstić information content (AvgIpc) is 3.37. The van der Waals surface area contributed by atoms with E-state index in [1.807, 2.05) is 38.2 Å². The van der Waals surface area contributed by atoms with E-state index in [4.69, 9.17) is 4.98 Å². The van der Waals surface area contributed by atoms with Crippen molar-refractivity contribution in [3.63, 3.8) is 0 Å². The molecule has 0 spiro atoms. The number of fused-ring (bicyclic) bond motifs is 1. The first-order chi connectivity index (χ1) is 15.7. The summed E-state index contributed by atoms with van der Waals surface area (Å²) in [7, 11) is 0. The summed E-state index contributed by atoms with van der Waals surface area (Å²) in [5, 5.41) is 11.8. The maximum atomic E-state index is 13.1. The van der Waals surface area contributed by atoms with E-state index < -0.39 is 25.4 Å². The second kappa shape index (κ2) is 9.02. The van der Waals surface area contributed by atoms with E-state index in [2.05, 4.69) is 20.3 Å². The zero-order valence-electron chi connectivity index (χ0n) is 17.9. The summed E-state index contributed by atoms with van der Waals surface area (Å²) in [4.78, 5) is 17.8. The molecule has 1 aromatic carbocycles. The molecule has 8 nitrogen and oxygen atoms in total. The van der Waals surface area contributed by atoms with Gasteiger partial charge in [0.05, 0.1) is 40.5 Å². The van der Waals surface area contributed by atoms with Crippen LogP contribution < -0.4 is 5.32 Å². The number of hydrogen-bond donors (Lipinski definition) is 1. The van der Waals surface area contributed by atoms with Crippen LogP contribution in [0.15, 0.2) is 48.9 Å². The number of anilines is 1. The zero-order valence-corrected chi connectivity index (χ0v) is 17.9. The minimum Gasteiger partial charge on any atom is -0.350 e. The van der Waals surface area contributed by atoms with Gasteiger partial charge in [0.15, 0.2) is 0 Å². The summed E-state index contributed by atoms with van der Waals surface area (Å²) in [5.41, 5.74) is 3.62. The highest BCUT2D eigenvalue weighted by Crippen LogP contribution is 2.27. The first-order valence-electron chi connectivity index (χ1n) is 10.2. The van der Waals surface area contributed by atoms with Crippen molar-refractivity contribution in [2.24, 2.45) is 0 Å². The minimum absolute atomic E-state index is 0.327. The van der Waals surface area contributed by atoms with Gasteiger partial charge in [-0.25, -0.2) is 9.67 Å². The Morgan fingerprint density at radius 1 is 1.18 bits per heavy atom. The Morgan fingerprint density at radius 3 is 2.70 bits per heavy atom. The molecule has 0 saturated heterocycles. The molecule has 4 aromatic rings. The molecular weight excluding hydrogens is 437 g/mol. The molecule has 1 amide bonds. The number of hydrogen-bond acceptors (Lipinski definition) is 5. The first kappa shape index (κ1) is 22.5. The van der Waals surface area contributed by atoms with Crippen molar-refractivity contribution in [2.45, 2.75) is 33.3 Å². The Balaban J connectivity index is 1.60. The second-order valence-electron chi connectivity index (χ2n) is 7.37. The Bertz CT molecular complexity index is 1300. The molecular formula is C22H21F3N6O2. The van der Waals surface area contributed by atoms with Gasteiger partial charge in [-0.2, -0.15) is 23.4 Å². The normalized spacial score (nSPS) is 11.8. The van der Waals surface area contributed by atoms with Crippen LogP contribution in [-0.2, 0) is 18.0 Å². The minimum atomic E-state index is -4.42. The van der Waals surface area contributed by atoms with E-state index in [1.54, 1.807) is 16.8 Å². The number of halogens is 3. The van der Waals surface area contributed by atoms with E-state index >= 15 is 0 Å². The number of ether oxygens (including phenoxy) is 1. The van der Waals surface area contributed by atoms with Gasteiger partial charge in [-0.05, 0) is 26.0 Å². The zero-order chi connectivity index (χ0) is 23.6. The molecule has 3 aromatic heterocycles. The van der Waals surface area contributed by atoms with E-state index in [-0.39, 0.29) is 0 Å².